The minimum absolute atomic E-state index is 0.289. The van der Waals surface area contributed by atoms with E-state index in [0.717, 1.165) is 4.91 Å². The van der Waals surface area contributed by atoms with Crippen LogP contribution in [0, 0.1) is 5.92 Å². The summed E-state index contributed by atoms with van der Waals surface area (Å²) in [7, 11) is 0. The number of fused-ring (bicyclic) bond motifs is 1. The Labute approximate surface area is 67.8 Å². The van der Waals surface area contributed by atoms with Gasteiger partial charge in [-0.1, -0.05) is 6.08 Å². The van der Waals surface area contributed by atoms with Crippen molar-refractivity contribution in [2.24, 2.45) is 5.92 Å². The number of carbonyl (C=O) groups excluding carboxylic acids is 2. The third-order valence-corrected chi connectivity index (χ3v) is 3.01. The topological polar surface area (TPSA) is 43.4 Å². The molecule has 2 aliphatic rings. The predicted molar refractivity (Wildman–Crippen MR) is 39.7 cm³/mol. The number of cyclic esters (lactones) is 2. The van der Waals surface area contributed by atoms with E-state index in [-0.39, 0.29) is 11.2 Å². The van der Waals surface area contributed by atoms with Crippen LogP contribution in [0.25, 0.3) is 0 Å². The van der Waals surface area contributed by atoms with E-state index in [0.29, 0.717) is 0 Å². The van der Waals surface area contributed by atoms with Crippen molar-refractivity contribution >= 4 is 23.7 Å². The molecule has 2 aliphatic heterocycles. The third kappa shape index (κ3) is 0.894. The molecule has 0 bridgehead atoms. The van der Waals surface area contributed by atoms with Crippen LogP contribution < -0.4 is 0 Å². The van der Waals surface area contributed by atoms with Crippen LogP contribution in [0.1, 0.15) is 6.92 Å². The first kappa shape index (κ1) is 6.91. The van der Waals surface area contributed by atoms with Crippen LogP contribution in [0.3, 0.4) is 0 Å². The number of hydrogen-bond donors (Lipinski definition) is 0. The molecule has 2 unspecified atom stereocenters. The highest BCUT2D eigenvalue weighted by molar-refractivity contribution is 8.04. The zero-order chi connectivity index (χ0) is 8.01. The van der Waals surface area contributed by atoms with E-state index in [1.807, 2.05) is 6.92 Å². The quantitative estimate of drug-likeness (QED) is 0.396. The highest BCUT2D eigenvalue weighted by atomic mass is 32.2. The van der Waals surface area contributed by atoms with Crippen molar-refractivity contribution < 1.29 is 14.3 Å². The summed E-state index contributed by atoms with van der Waals surface area (Å²) in [5.41, 5.74) is 0. The van der Waals surface area contributed by atoms with Crippen LogP contribution in [0.15, 0.2) is 11.0 Å². The number of esters is 2. The van der Waals surface area contributed by atoms with E-state index in [9.17, 15) is 9.59 Å². The largest absolute Gasteiger partial charge is 0.392 e. The molecule has 2 atom stereocenters. The highest BCUT2D eigenvalue weighted by Gasteiger charge is 2.46. The van der Waals surface area contributed by atoms with Gasteiger partial charge in [-0.15, -0.1) is 11.8 Å². The van der Waals surface area contributed by atoms with Crippen LogP contribution in [-0.2, 0) is 14.3 Å². The summed E-state index contributed by atoms with van der Waals surface area (Å²) in [6.07, 6.45) is 1.79. The lowest BCUT2D eigenvalue weighted by atomic mass is 10.1. The van der Waals surface area contributed by atoms with Crippen LogP contribution in [0.4, 0.5) is 0 Å². The predicted octanol–water partition coefficient (Wildman–Crippen LogP) is 0.705. The van der Waals surface area contributed by atoms with Crippen molar-refractivity contribution in [1.29, 1.82) is 0 Å². The molecule has 3 nitrogen and oxygen atoms in total. The molecule has 0 spiro atoms. The molecule has 0 amide bonds. The first-order valence-corrected chi connectivity index (χ1v) is 4.17. The first-order chi connectivity index (χ1) is 5.18. The van der Waals surface area contributed by atoms with Gasteiger partial charge in [0.05, 0.1) is 5.92 Å². The molecule has 11 heavy (non-hydrogen) atoms. The summed E-state index contributed by atoms with van der Waals surface area (Å²) in [5.74, 6) is -1.10. The summed E-state index contributed by atoms with van der Waals surface area (Å²) < 4.78 is 4.43. The number of thioether (sulfide) groups is 1. The van der Waals surface area contributed by atoms with Gasteiger partial charge in [-0.25, -0.2) is 0 Å². The molecule has 2 rings (SSSR count). The summed E-state index contributed by atoms with van der Waals surface area (Å²) in [6, 6.07) is 0. The summed E-state index contributed by atoms with van der Waals surface area (Å²) in [6.45, 7) is 1.89. The zero-order valence-electron chi connectivity index (χ0n) is 5.87. The Bertz CT molecular complexity index is 269. The second kappa shape index (κ2) is 2.11. The van der Waals surface area contributed by atoms with Gasteiger partial charge in [-0.2, -0.15) is 0 Å². The lowest BCUT2D eigenvalue weighted by Crippen LogP contribution is -2.13. The van der Waals surface area contributed by atoms with E-state index in [4.69, 9.17) is 0 Å². The Hall–Kier alpha value is -0.770. The molecular formula is C7H6O3S. The fourth-order valence-electron chi connectivity index (χ4n) is 1.26. The number of allylic oxidation sites excluding steroid dienone is 1. The Morgan fingerprint density at radius 2 is 2.18 bits per heavy atom. The Morgan fingerprint density at radius 3 is 2.82 bits per heavy atom. The van der Waals surface area contributed by atoms with E-state index in [1.54, 1.807) is 6.08 Å². The number of carbonyl (C=O) groups is 2. The van der Waals surface area contributed by atoms with Gasteiger partial charge in [-0.3, -0.25) is 9.59 Å². The van der Waals surface area contributed by atoms with Crippen LogP contribution in [0.2, 0.25) is 0 Å². The lowest BCUT2D eigenvalue weighted by Gasteiger charge is -1.97. The van der Waals surface area contributed by atoms with E-state index in [2.05, 4.69) is 4.74 Å². The zero-order valence-corrected chi connectivity index (χ0v) is 6.68. The number of rotatable bonds is 0. The molecule has 1 saturated heterocycles. The van der Waals surface area contributed by atoms with Gasteiger partial charge in [0, 0.05) is 0 Å². The average molecular weight is 170 g/mol. The molecule has 1 fully saturated rings. The Morgan fingerprint density at radius 1 is 1.45 bits per heavy atom. The monoisotopic (exact) mass is 170 g/mol. The van der Waals surface area contributed by atoms with Crippen LogP contribution in [0.5, 0.6) is 0 Å². The second-order valence-electron chi connectivity index (χ2n) is 2.58. The minimum Gasteiger partial charge on any atom is -0.392 e. The smallest absolute Gasteiger partial charge is 0.328 e. The molecule has 0 aromatic carbocycles. The SMILES string of the molecule is CC1=CC2C(=O)OC(=O)C2S1. The van der Waals surface area contributed by atoms with Crippen molar-refractivity contribution in [3.8, 4) is 0 Å². The van der Waals surface area contributed by atoms with Gasteiger partial charge >= 0.3 is 11.9 Å². The molecule has 4 heteroatoms. The van der Waals surface area contributed by atoms with E-state index >= 15 is 0 Å². The summed E-state index contributed by atoms with van der Waals surface area (Å²) >= 11 is 1.41. The normalized spacial score (nSPS) is 35.2. The van der Waals surface area contributed by atoms with E-state index < -0.39 is 11.9 Å². The van der Waals surface area contributed by atoms with Crippen molar-refractivity contribution in [3.05, 3.63) is 11.0 Å². The van der Waals surface area contributed by atoms with Crippen molar-refractivity contribution in [2.75, 3.05) is 0 Å². The molecule has 0 saturated carbocycles. The molecule has 0 N–H and O–H groups in total. The maximum absolute atomic E-state index is 10.9. The van der Waals surface area contributed by atoms with Gasteiger partial charge in [0.25, 0.3) is 0 Å². The summed E-state index contributed by atoms with van der Waals surface area (Å²) in [5, 5.41) is -0.289. The van der Waals surface area contributed by atoms with Crippen molar-refractivity contribution in [1.82, 2.24) is 0 Å². The lowest BCUT2D eigenvalue weighted by molar-refractivity contribution is -0.152. The molecule has 0 radical (unpaired) electrons. The average Bonchev–Trinajstić information content (AvgIpc) is 2.38. The van der Waals surface area contributed by atoms with Crippen LogP contribution in [-0.4, -0.2) is 17.2 Å². The van der Waals surface area contributed by atoms with Gasteiger partial charge < -0.3 is 4.74 Å². The first-order valence-electron chi connectivity index (χ1n) is 3.29. The Balaban J connectivity index is 2.32. The summed E-state index contributed by atoms with van der Waals surface area (Å²) in [4.78, 5) is 22.9. The fourth-order valence-corrected chi connectivity index (χ4v) is 2.37. The third-order valence-electron chi connectivity index (χ3n) is 1.76. The van der Waals surface area contributed by atoms with E-state index in [1.165, 1.54) is 11.8 Å². The second-order valence-corrected chi connectivity index (χ2v) is 3.97. The number of hydrogen-bond acceptors (Lipinski definition) is 4. The van der Waals surface area contributed by atoms with Gasteiger partial charge in [0.1, 0.15) is 5.25 Å². The van der Waals surface area contributed by atoms with Crippen molar-refractivity contribution in [2.45, 2.75) is 12.2 Å². The van der Waals surface area contributed by atoms with Gasteiger partial charge in [0.2, 0.25) is 0 Å². The number of ether oxygens (including phenoxy) is 1. The molecule has 0 aromatic heterocycles. The molecule has 0 aromatic rings. The Kier molecular flexibility index (Phi) is 1.32. The standard InChI is InChI=1S/C7H6O3S/c1-3-2-4-5(11-3)7(9)10-6(4)8/h2,4-5H,1H3. The van der Waals surface area contributed by atoms with Gasteiger partial charge in [-0.05, 0) is 11.8 Å². The fraction of sp³-hybridized carbons (Fsp3) is 0.429. The minimum atomic E-state index is -0.399. The maximum atomic E-state index is 10.9. The molecular weight excluding hydrogens is 164 g/mol. The highest BCUT2D eigenvalue weighted by Crippen LogP contribution is 2.40. The van der Waals surface area contributed by atoms with Gasteiger partial charge in [0.15, 0.2) is 0 Å². The molecule has 0 aliphatic carbocycles. The van der Waals surface area contributed by atoms with Crippen molar-refractivity contribution in [3.63, 3.8) is 0 Å². The maximum Gasteiger partial charge on any atom is 0.328 e. The molecule has 2 heterocycles. The molecule has 58 valence electrons. The van der Waals surface area contributed by atoms with Crippen LogP contribution >= 0.6 is 11.8 Å².